The molecule has 0 N–H and O–H groups in total. The van der Waals surface area contributed by atoms with Crippen molar-refractivity contribution < 1.29 is 0 Å². The van der Waals surface area contributed by atoms with Gasteiger partial charge in [0.05, 0.1) is 0 Å². The van der Waals surface area contributed by atoms with Gasteiger partial charge in [-0.25, -0.2) is 0 Å². The van der Waals surface area contributed by atoms with E-state index in [1.165, 1.54) is 44.9 Å². The average Bonchev–Trinajstić information content (AvgIpc) is 3.22. The lowest BCUT2D eigenvalue weighted by atomic mass is 9.80. The lowest BCUT2D eigenvalue weighted by Gasteiger charge is -2.26. The van der Waals surface area contributed by atoms with Crippen LogP contribution in [0.25, 0.3) is 0 Å². The van der Waals surface area contributed by atoms with E-state index in [9.17, 15) is 0 Å². The van der Waals surface area contributed by atoms with Crippen LogP contribution in [0.4, 0.5) is 0 Å². The number of hydrogen-bond donors (Lipinski definition) is 0. The number of rotatable bonds is 5. The van der Waals surface area contributed by atoms with Gasteiger partial charge in [0, 0.05) is 0 Å². The normalized spacial score (nSPS) is 20.6. The van der Waals surface area contributed by atoms with Gasteiger partial charge in [0.25, 0.3) is 0 Å². The minimum Gasteiger partial charge on any atom is -0.0683 e. The molecule has 0 amide bonds. The third-order valence-corrected chi connectivity index (χ3v) is 4.05. The average molecular weight is 240 g/mol. The first-order valence-corrected chi connectivity index (χ1v) is 7.99. The van der Waals surface area contributed by atoms with Crippen LogP contribution in [0.3, 0.4) is 0 Å². The van der Waals surface area contributed by atoms with E-state index in [0.29, 0.717) is 5.41 Å². The van der Waals surface area contributed by atoms with Crippen molar-refractivity contribution >= 4 is 0 Å². The predicted molar refractivity (Wildman–Crippen MR) is 80.4 cm³/mol. The molecule has 0 aromatic carbocycles. The first-order valence-electron chi connectivity index (χ1n) is 7.99. The molecule has 17 heavy (non-hydrogen) atoms. The smallest absolute Gasteiger partial charge is 0.0325 e. The van der Waals surface area contributed by atoms with Gasteiger partial charge < -0.3 is 0 Å². The molecular weight excluding hydrogens is 204 g/mol. The van der Waals surface area contributed by atoms with Crippen LogP contribution in [-0.2, 0) is 0 Å². The molecule has 0 saturated heterocycles. The van der Waals surface area contributed by atoms with E-state index in [-0.39, 0.29) is 0 Å². The van der Waals surface area contributed by atoms with Crippen LogP contribution in [0.15, 0.2) is 0 Å². The zero-order valence-electron chi connectivity index (χ0n) is 13.5. The Bertz CT molecular complexity index is 182. The van der Waals surface area contributed by atoms with E-state index in [2.05, 4.69) is 20.8 Å². The molecule has 0 nitrogen and oxygen atoms in total. The van der Waals surface area contributed by atoms with Crippen molar-refractivity contribution in [2.75, 3.05) is 0 Å². The second-order valence-electron chi connectivity index (χ2n) is 6.62. The van der Waals surface area contributed by atoms with Crippen LogP contribution in [0, 0.1) is 16.7 Å². The highest BCUT2D eigenvalue weighted by Gasteiger charge is 2.39. The third kappa shape index (κ3) is 7.84. The largest absolute Gasteiger partial charge is 0.0683 e. The summed E-state index contributed by atoms with van der Waals surface area (Å²) in [5, 5.41) is 0. The molecule has 0 aromatic rings. The Kier molecular flexibility index (Phi) is 7.44. The maximum atomic E-state index is 2.47. The minimum absolute atomic E-state index is 0.632. The van der Waals surface area contributed by atoms with E-state index >= 15 is 0 Å². The molecule has 2 fully saturated rings. The van der Waals surface area contributed by atoms with Gasteiger partial charge in [0.15, 0.2) is 0 Å². The van der Waals surface area contributed by atoms with Gasteiger partial charge >= 0.3 is 0 Å². The lowest BCUT2D eigenvalue weighted by molar-refractivity contribution is 0.258. The van der Waals surface area contributed by atoms with Crippen molar-refractivity contribution in [3.63, 3.8) is 0 Å². The van der Waals surface area contributed by atoms with Gasteiger partial charge in [-0.3, -0.25) is 0 Å². The molecule has 0 heterocycles. The molecule has 0 aliphatic heterocycles. The summed E-state index contributed by atoms with van der Waals surface area (Å²) in [5.41, 5.74) is 1.40. The molecule has 0 heteroatoms. The highest BCUT2D eigenvalue weighted by atomic mass is 14.4. The van der Waals surface area contributed by atoms with Crippen molar-refractivity contribution in [1.29, 1.82) is 0 Å². The molecule has 0 unspecified atom stereocenters. The quantitative estimate of drug-likeness (QED) is 0.518. The maximum absolute atomic E-state index is 2.47. The Labute approximate surface area is 111 Å². The summed E-state index contributed by atoms with van der Waals surface area (Å²) in [6, 6.07) is 0. The predicted octanol–water partition coefficient (Wildman–Crippen LogP) is 6.45. The van der Waals surface area contributed by atoms with Gasteiger partial charge in [-0.1, -0.05) is 61.3 Å². The van der Waals surface area contributed by atoms with E-state index in [1.54, 1.807) is 0 Å². The highest BCUT2D eigenvalue weighted by molar-refractivity contribution is 4.90. The Morgan fingerprint density at radius 3 is 1.82 bits per heavy atom. The summed E-state index contributed by atoms with van der Waals surface area (Å²) in [6.45, 7) is 15.4. The molecular formula is C17H36. The molecule has 0 radical (unpaired) electrons. The maximum Gasteiger partial charge on any atom is -0.0325 e. The van der Waals surface area contributed by atoms with Gasteiger partial charge in [-0.15, -0.1) is 0 Å². The Morgan fingerprint density at radius 1 is 1.00 bits per heavy atom. The van der Waals surface area contributed by atoms with Crippen LogP contribution in [0.2, 0.25) is 0 Å². The minimum atomic E-state index is 0.632. The molecule has 104 valence electrons. The fourth-order valence-corrected chi connectivity index (χ4v) is 2.31. The van der Waals surface area contributed by atoms with Crippen LogP contribution in [0.1, 0.15) is 93.4 Å². The van der Waals surface area contributed by atoms with Gasteiger partial charge in [0.2, 0.25) is 0 Å². The van der Waals surface area contributed by atoms with Crippen LogP contribution < -0.4 is 0 Å². The van der Waals surface area contributed by atoms with Crippen LogP contribution in [0.5, 0.6) is 0 Å². The summed E-state index contributed by atoms with van der Waals surface area (Å²) in [6.07, 6.45) is 10.4. The fourth-order valence-electron chi connectivity index (χ4n) is 2.31. The molecule has 2 rings (SSSR count). The van der Waals surface area contributed by atoms with Gasteiger partial charge in [-0.05, 0) is 48.9 Å². The zero-order chi connectivity index (χ0) is 13.5. The van der Waals surface area contributed by atoms with E-state index < -0.39 is 0 Å². The monoisotopic (exact) mass is 240 g/mol. The molecule has 2 aliphatic carbocycles. The molecule has 0 spiro atoms. The SMILES string of the molecule is CC.CC.CC(C)(CCC1(C)CC1)CC1CC1. The summed E-state index contributed by atoms with van der Waals surface area (Å²) < 4.78 is 0. The molecule has 0 bridgehead atoms. The second-order valence-corrected chi connectivity index (χ2v) is 6.62. The van der Waals surface area contributed by atoms with Gasteiger partial charge in [-0.2, -0.15) is 0 Å². The lowest BCUT2D eigenvalue weighted by Crippen LogP contribution is -2.14. The Hall–Kier alpha value is 0. The third-order valence-electron chi connectivity index (χ3n) is 4.05. The number of hydrogen-bond acceptors (Lipinski definition) is 0. The Morgan fingerprint density at radius 2 is 1.47 bits per heavy atom. The van der Waals surface area contributed by atoms with Crippen molar-refractivity contribution in [3.05, 3.63) is 0 Å². The van der Waals surface area contributed by atoms with Crippen molar-refractivity contribution in [3.8, 4) is 0 Å². The molecule has 0 atom stereocenters. The molecule has 0 aromatic heterocycles. The van der Waals surface area contributed by atoms with Crippen LogP contribution in [-0.4, -0.2) is 0 Å². The first-order chi connectivity index (χ1) is 7.99. The molecule has 2 saturated carbocycles. The van der Waals surface area contributed by atoms with E-state index in [1.807, 2.05) is 27.7 Å². The van der Waals surface area contributed by atoms with Crippen molar-refractivity contribution in [2.24, 2.45) is 16.7 Å². The van der Waals surface area contributed by atoms with E-state index in [4.69, 9.17) is 0 Å². The summed E-state index contributed by atoms with van der Waals surface area (Å²) >= 11 is 0. The van der Waals surface area contributed by atoms with Crippen molar-refractivity contribution in [1.82, 2.24) is 0 Å². The van der Waals surface area contributed by atoms with Gasteiger partial charge in [0.1, 0.15) is 0 Å². The first kappa shape index (κ1) is 17.0. The summed E-state index contributed by atoms with van der Waals surface area (Å²) in [5.74, 6) is 1.10. The second kappa shape index (κ2) is 7.44. The Balaban J connectivity index is 0.000000581. The molecule has 2 aliphatic rings. The summed E-state index contributed by atoms with van der Waals surface area (Å²) in [7, 11) is 0. The standard InChI is InChI=1S/C13H24.2C2H6/c1-12(2,10-11-4-5-11)6-7-13(3)8-9-13;2*1-2/h11H,4-10H2,1-3H3;2*1-2H3. The van der Waals surface area contributed by atoms with Crippen LogP contribution >= 0.6 is 0 Å². The van der Waals surface area contributed by atoms with Crippen molar-refractivity contribution in [2.45, 2.75) is 93.4 Å². The fraction of sp³-hybridized carbons (Fsp3) is 1.00. The van der Waals surface area contributed by atoms with E-state index in [0.717, 1.165) is 11.3 Å². The highest BCUT2D eigenvalue weighted by Crippen LogP contribution is 2.52. The summed E-state index contributed by atoms with van der Waals surface area (Å²) in [4.78, 5) is 0. The zero-order valence-corrected chi connectivity index (χ0v) is 13.5. The topological polar surface area (TPSA) is 0 Å².